The molecule has 0 amide bonds. The van der Waals surface area contributed by atoms with Crippen molar-refractivity contribution < 1.29 is 4.39 Å². The number of halogens is 1. The monoisotopic (exact) mass is 89.1 g/mol. The van der Waals surface area contributed by atoms with Crippen molar-refractivity contribution in [3.63, 3.8) is 0 Å². The summed E-state index contributed by atoms with van der Waals surface area (Å²) >= 11 is 0. The van der Waals surface area contributed by atoms with Crippen LogP contribution in [0.2, 0.25) is 0 Å². The minimum absolute atomic E-state index is 0.292. The van der Waals surface area contributed by atoms with Gasteiger partial charge in [0, 0.05) is 12.1 Å². The summed E-state index contributed by atoms with van der Waals surface area (Å²) in [6.07, 6.45) is 0.292. The molecule has 0 aliphatic carbocycles. The number of hydrogen-bond acceptors (Lipinski definition) is 1. The number of nitrogens with two attached hydrogens (primary N) is 1. The van der Waals surface area contributed by atoms with Crippen LogP contribution in [0.1, 0.15) is 6.42 Å². The Hall–Kier alpha value is -0.530. The van der Waals surface area contributed by atoms with Crippen LogP contribution in [0.5, 0.6) is 0 Å². The Bertz CT molecular complexity index is 51.5. The molecule has 0 atom stereocenters. The average molecular weight is 89.1 g/mol. The molecule has 0 radical (unpaired) electrons. The molecule has 0 aromatic carbocycles. The van der Waals surface area contributed by atoms with Gasteiger partial charge in [0.1, 0.15) is 0 Å². The zero-order chi connectivity index (χ0) is 4.99. The third kappa shape index (κ3) is 3.47. The first-order valence-electron chi connectivity index (χ1n) is 1.76. The number of allylic oxidation sites excluding steroid dienone is 1. The second-order valence-electron chi connectivity index (χ2n) is 1.10. The zero-order valence-electron chi connectivity index (χ0n) is 3.58. The number of hydrogen-bond donors (Lipinski definition) is 1. The summed E-state index contributed by atoms with van der Waals surface area (Å²) in [5, 5.41) is 0. The van der Waals surface area contributed by atoms with Crippen molar-refractivity contribution in [2.45, 2.75) is 6.42 Å². The van der Waals surface area contributed by atoms with E-state index in [1.807, 2.05) is 0 Å². The molecule has 6 heavy (non-hydrogen) atoms. The minimum atomic E-state index is -0.394. The normalized spacial score (nSPS) is 8.17. The summed E-state index contributed by atoms with van der Waals surface area (Å²) in [7, 11) is 0. The molecule has 0 saturated carbocycles. The minimum Gasteiger partial charge on any atom is -0.402 e. The fourth-order valence-corrected chi connectivity index (χ4v) is 0.121. The lowest BCUT2D eigenvalue weighted by Gasteiger charge is -1.86. The molecule has 0 spiro atoms. The van der Waals surface area contributed by atoms with Crippen molar-refractivity contribution >= 4 is 0 Å². The van der Waals surface area contributed by atoms with Crippen LogP contribution in [0, 0.1) is 0 Å². The van der Waals surface area contributed by atoms with E-state index in [9.17, 15) is 4.39 Å². The predicted molar refractivity (Wildman–Crippen MR) is 23.9 cm³/mol. The Morgan fingerprint density at radius 2 is 2.33 bits per heavy atom. The molecule has 0 bridgehead atoms. The van der Waals surface area contributed by atoms with E-state index in [2.05, 4.69) is 6.58 Å². The molecule has 2 heteroatoms. The summed E-state index contributed by atoms with van der Waals surface area (Å²) in [4.78, 5) is 0. The van der Waals surface area contributed by atoms with Gasteiger partial charge >= 0.3 is 0 Å². The van der Waals surface area contributed by atoms with E-state index in [-0.39, 0.29) is 0 Å². The quantitative estimate of drug-likeness (QED) is 0.532. The smallest absolute Gasteiger partial charge is 0.0948 e. The second-order valence-corrected chi connectivity index (χ2v) is 1.10. The maximum atomic E-state index is 11.1. The summed E-state index contributed by atoms with van der Waals surface area (Å²) in [5.74, 6) is 0. The third-order valence-corrected chi connectivity index (χ3v) is 0.416. The first kappa shape index (κ1) is 5.47. The van der Waals surface area contributed by atoms with E-state index < -0.39 is 6.67 Å². The Morgan fingerprint density at radius 1 is 1.83 bits per heavy atom. The molecule has 0 aliphatic heterocycles. The molecule has 36 valence electrons. The van der Waals surface area contributed by atoms with Crippen LogP contribution in [-0.4, -0.2) is 6.67 Å². The first-order chi connectivity index (χ1) is 2.77. The standard InChI is InChI=1S/C4H8FN/c1-4(6)2-3-5/h1-3,6H2. The van der Waals surface area contributed by atoms with Crippen LogP contribution in [-0.2, 0) is 0 Å². The van der Waals surface area contributed by atoms with Crippen LogP contribution < -0.4 is 5.73 Å². The van der Waals surface area contributed by atoms with E-state index in [1.165, 1.54) is 0 Å². The maximum absolute atomic E-state index is 11.1. The predicted octanol–water partition coefficient (Wildman–Crippen LogP) is 0.818. The van der Waals surface area contributed by atoms with Gasteiger partial charge in [-0.15, -0.1) is 0 Å². The number of rotatable bonds is 2. The Labute approximate surface area is 36.6 Å². The van der Waals surface area contributed by atoms with Crippen molar-refractivity contribution in [2.24, 2.45) is 5.73 Å². The molecule has 0 fully saturated rings. The summed E-state index contributed by atoms with van der Waals surface area (Å²) < 4.78 is 11.1. The van der Waals surface area contributed by atoms with Crippen LogP contribution in [0.15, 0.2) is 12.3 Å². The van der Waals surface area contributed by atoms with E-state index in [4.69, 9.17) is 5.73 Å². The van der Waals surface area contributed by atoms with E-state index in [1.54, 1.807) is 0 Å². The van der Waals surface area contributed by atoms with Crippen molar-refractivity contribution in [2.75, 3.05) is 6.67 Å². The highest BCUT2D eigenvalue weighted by Crippen LogP contribution is 1.85. The molecule has 2 N–H and O–H groups in total. The largest absolute Gasteiger partial charge is 0.402 e. The van der Waals surface area contributed by atoms with Gasteiger partial charge in [-0.1, -0.05) is 6.58 Å². The average Bonchev–Trinajstić information content (AvgIpc) is 1.35. The molecule has 0 aromatic rings. The van der Waals surface area contributed by atoms with Crippen molar-refractivity contribution in [3.05, 3.63) is 12.3 Å². The topological polar surface area (TPSA) is 26.0 Å². The molecule has 0 aromatic heterocycles. The lowest BCUT2D eigenvalue weighted by atomic mass is 10.4. The fraction of sp³-hybridized carbons (Fsp3) is 0.500. The van der Waals surface area contributed by atoms with Crippen LogP contribution in [0.25, 0.3) is 0 Å². The van der Waals surface area contributed by atoms with Gasteiger partial charge in [0.15, 0.2) is 0 Å². The van der Waals surface area contributed by atoms with E-state index in [0.29, 0.717) is 12.1 Å². The highest BCUT2D eigenvalue weighted by molar-refractivity contribution is 4.84. The van der Waals surface area contributed by atoms with E-state index in [0.717, 1.165) is 0 Å². The summed E-state index contributed by atoms with van der Waals surface area (Å²) in [6.45, 7) is 2.89. The Morgan fingerprint density at radius 3 is 2.33 bits per heavy atom. The maximum Gasteiger partial charge on any atom is 0.0948 e. The SMILES string of the molecule is C=C(N)CCF. The van der Waals surface area contributed by atoms with Gasteiger partial charge in [-0.25, -0.2) is 0 Å². The summed E-state index contributed by atoms with van der Waals surface area (Å²) in [6, 6.07) is 0. The number of alkyl halides is 1. The molecular weight excluding hydrogens is 81.0 g/mol. The van der Waals surface area contributed by atoms with Gasteiger partial charge in [0.2, 0.25) is 0 Å². The lowest BCUT2D eigenvalue weighted by molar-refractivity contribution is 0.493. The fourth-order valence-electron chi connectivity index (χ4n) is 0.121. The highest BCUT2D eigenvalue weighted by atomic mass is 19.1. The molecule has 0 heterocycles. The Kier molecular flexibility index (Phi) is 2.46. The van der Waals surface area contributed by atoms with Crippen LogP contribution in [0.4, 0.5) is 4.39 Å². The van der Waals surface area contributed by atoms with Gasteiger partial charge in [0.25, 0.3) is 0 Å². The molecular formula is C4H8FN. The van der Waals surface area contributed by atoms with Gasteiger partial charge in [-0.2, -0.15) is 0 Å². The molecule has 0 saturated heterocycles. The van der Waals surface area contributed by atoms with E-state index >= 15 is 0 Å². The molecule has 0 unspecified atom stereocenters. The van der Waals surface area contributed by atoms with Gasteiger partial charge in [0.05, 0.1) is 6.67 Å². The van der Waals surface area contributed by atoms with Gasteiger partial charge in [-0.3, -0.25) is 4.39 Å². The van der Waals surface area contributed by atoms with Crippen LogP contribution >= 0.6 is 0 Å². The van der Waals surface area contributed by atoms with Gasteiger partial charge in [-0.05, 0) is 0 Å². The third-order valence-electron chi connectivity index (χ3n) is 0.416. The second kappa shape index (κ2) is 2.69. The zero-order valence-corrected chi connectivity index (χ0v) is 3.58. The Balaban J connectivity index is 2.83. The molecule has 1 nitrogen and oxygen atoms in total. The molecule has 0 rings (SSSR count). The van der Waals surface area contributed by atoms with Crippen LogP contribution in [0.3, 0.4) is 0 Å². The summed E-state index contributed by atoms with van der Waals surface area (Å²) in [5.41, 5.74) is 5.38. The van der Waals surface area contributed by atoms with Crippen molar-refractivity contribution in [1.29, 1.82) is 0 Å². The van der Waals surface area contributed by atoms with Crippen molar-refractivity contribution in [1.82, 2.24) is 0 Å². The first-order valence-corrected chi connectivity index (χ1v) is 1.76. The highest BCUT2D eigenvalue weighted by Gasteiger charge is 1.79. The lowest BCUT2D eigenvalue weighted by Crippen LogP contribution is -1.93. The van der Waals surface area contributed by atoms with Crippen molar-refractivity contribution in [3.8, 4) is 0 Å². The van der Waals surface area contributed by atoms with Gasteiger partial charge < -0.3 is 5.73 Å². The molecule has 0 aliphatic rings.